The van der Waals surface area contributed by atoms with Crippen molar-refractivity contribution in [2.24, 2.45) is 0 Å². The third-order valence-electron chi connectivity index (χ3n) is 6.21. The Morgan fingerprint density at radius 3 is 1.17 bits per heavy atom. The molecule has 2 aromatic rings. The average molecular weight is 409 g/mol. The Morgan fingerprint density at radius 2 is 0.862 bits per heavy atom. The van der Waals surface area contributed by atoms with E-state index >= 15 is 0 Å². The highest BCUT2D eigenvalue weighted by Crippen LogP contribution is 2.50. The van der Waals surface area contributed by atoms with Gasteiger partial charge in [-0.25, -0.2) is 0 Å². The van der Waals surface area contributed by atoms with Gasteiger partial charge in [0.15, 0.2) is 0 Å². The van der Waals surface area contributed by atoms with Crippen molar-refractivity contribution in [2.75, 3.05) is 0 Å². The Balaban J connectivity index is 2.36. The van der Waals surface area contributed by atoms with E-state index in [0.717, 1.165) is 54.7 Å². The van der Waals surface area contributed by atoms with Crippen molar-refractivity contribution in [1.29, 1.82) is 0 Å². The molecule has 0 nitrogen and oxygen atoms in total. The minimum atomic E-state index is -4.30. The van der Waals surface area contributed by atoms with Crippen molar-refractivity contribution in [3.63, 3.8) is 0 Å². The first-order valence-electron chi connectivity index (χ1n) is 10.3. The zero-order valence-corrected chi connectivity index (χ0v) is 18.3. The van der Waals surface area contributed by atoms with Gasteiger partial charge in [-0.05, 0) is 34.8 Å². The Hall–Kier alpha value is -1.84. The highest BCUT2D eigenvalue weighted by Gasteiger charge is 2.58. The molecule has 4 heteroatoms. The Kier molecular flexibility index (Phi) is 6.56. The topological polar surface area (TPSA) is 0 Å². The minimum Gasteiger partial charge on any atom is -0.194 e. The fraction of sp³-hybridized carbons (Fsp3) is 0.520. The fourth-order valence-electron chi connectivity index (χ4n) is 3.60. The highest BCUT2D eigenvalue weighted by molar-refractivity contribution is 5.36. The van der Waals surface area contributed by atoms with Crippen LogP contribution >= 0.6 is 0 Å². The van der Waals surface area contributed by atoms with Crippen molar-refractivity contribution < 1.29 is 17.6 Å². The molecule has 0 spiro atoms. The third kappa shape index (κ3) is 4.51. The number of hydrogen-bond donors (Lipinski definition) is 0. The lowest BCUT2D eigenvalue weighted by molar-refractivity contribution is -0.223. The van der Waals surface area contributed by atoms with Gasteiger partial charge in [0, 0.05) is 11.1 Å². The summed E-state index contributed by atoms with van der Waals surface area (Å²) in [6.07, 6.45) is 2.66. The normalized spacial score (nSPS) is 13.6. The van der Waals surface area contributed by atoms with Crippen LogP contribution in [0.4, 0.5) is 17.6 Å². The molecule has 0 aliphatic carbocycles. The summed E-state index contributed by atoms with van der Waals surface area (Å²) >= 11 is 0. The second-order valence-electron chi connectivity index (χ2n) is 9.17. The molecule has 2 rings (SSSR count). The maximum Gasteiger partial charge on any atom is 0.339 e. The lowest BCUT2D eigenvalue weighted by atomic mass is 9.80. The van der Waals surface area contributed by atoms with Crippen molar-refractivity contribution >= 4 is 0 Å². The van der Waals surface area contributed by atoms with Crippen LogP contribution in [0.15, 0.2) is 48.5 Å². The molecule has 0 unspecified atom stereocenters. The van der Waals surface area contributed by atoms with E-state index in [-0.39, 0.29) is 10.8 Å². The van der Waals surface area contributed by atoms with E-state index in [2.05, 4.69) is 6.92 Å². The molecule has 0 atom stereocenters. The third-order valence-corrected chi connectivity index (χ3v) is 6.21. The van der Waals surface area contributed by atoms with Crippen LogP contribution in [0.1, 0.15) is 83.1 Å². The Labute approximate surface area is 172 Å². The summed E-state index contributed by atoms with van der Waals surface area (Å²) in [5.41, 5.74) is -0.00596. The van der Waals surface area contributed by atoms with E-state index in [0.29, 0.717) is 0 Å². The van der Waals surface area contributed by atoms with Crippen LogP contribution in [-0.2, 0) is 22.7 Å². The zero-order valence-electron chi connectivity index (χ0n) is 18.3. The summed E-state index contributed by atoms with van der Waals surface area (Å²) in [6.45, 7) is 12.1. The van der Waals surface area contributed by atoms with Gasteiger partial charge in [0.05, 0.1) is 0 Å². The van der Waals surface area contributed by atoms with Gasteiger partial charge in [0.2, 0.25) is 0 Å². The molecule has 0 fully saturated rings. The summed E-state index contributed by atoms with van der Waals surface area (Å²) in [6, 6.07) is 10.7. The number of rotatable bonds is 8. The van der Waals surface area contributed by atoms with Crippen LogP contribution in [0.25, 0.3) is 0 Å². The SMILES string of the molecule is CCCC(C)(C)c1ccc(C(F)(F)C(F)(F)c2ccc(C(C)(C)CC)cc2)cc1. The maximum atomic E-state index is 14.8. The van der Waals surface area contributed by atoms with Crippen molar-refractivity contribution in [1.82, 2.24) is 0 Å². The van der Waals surface area contributed by atoms with Crippen molar-refractivity contribution in [3.05, 3.63) is 70.8 Å². The van der Waals surface area contributed by atoms with E-state index < -0.39 is 23.0 Å². The second kappa shape index (κ2) is 8.12. The minimum absolute atomic E-state index is 0.188. The molecule has 0 N–H and O–H groups in total. The number of hydrogen-bond acceptors (Lipinski definition) is 0. The largest absolute Gasteiger partial charge is 0.339 e. The number of halogens is 4. The molecule has 0 aliphatic rings. The molecule has 0 aromatic heterocycles. The summed E-state index contributed by atoms with van der Waals surface area (Å²) in [4.78, 5) is 0. The van der Waals surface area contributed by atoms with E-state index in [9.17, 15) is 17.6 Å². The van der Waals surface area contributed by atoms with Gasteiger partial charge in [-0.1, -0.05) is 96.5 Å². The molecule has 0 radical (unpaired) electrons. The fourth-order valence-corrected chi connectivity index (χ4v) is 3.60. The molecule has 160 valence electrons. The lowest BCUT2D eigenvalue weighted by Gasteiger charge is -2.30. The molecule has 0 amide bonds. The van der Waals surface area contributed by atoms with Gasteiger partial charge in [0.25, 0.3) is 0 Å². The molecule has 2 aromatic carbocycles. The first-order chi connectivity index (χ1) is 13.3. The molecule has 0 saturated heterocycles. The van der Waals surface area contributed by atoms with Crippen LogP contribution < -0.4 is 0 Å². The smallest absolute Gasteiger partial charge is 0.194 e. The molecular formula is C25H32F4. The van der Waals surface area contributed by atoms with Gasteiger partial charge >= 0.3 is 11.8 Å². The lowest BCUT2D eigenvalue weighted by Crippen LogP contribution is -2.35. The van der Waals surface area contributed by atoms with Gasteiger partial charge in [-0.2, -0.15) is 17.6 Å². The average Bonchev–Trinajstić information content (AvgIpc) is 2.68. The summed E-state index contributed by atoms with van der Waals surface area (Å²) < 4.78 is 59.4. The first kappa shape index (κ1) is 23.4. The standard InChI is InChI=1S/C25H32F4/c1-7-17-23(5,6)19-11-15-21(16-12-19)25(28,29)24(26,27)20-13-9-18(10-14-20)22(3,4)8-2/h9-16H,7-8,17H2,1-6H3. The summed E-state index contributed by atoms with van der Waals surface area (Å²) in [7, 11) is 0. The molecule has 0 bridgehead atoms. The molecule has 0 saturated carbocycles. The quantitative estimate of drug-likeness (QED) is 0.385. The van der Waals surface area contributed by atoms with Gasteiger partial charge < -0.3 is 0 Å². The van der Waals surface area contributed by atoms with E-state index in [1.807, 2.05) is 34.6 Å². The van der Waals surface area contributed by atoms with E-state index in [4.69, 9.17) is 0 Å². The van der Waals surface area contributed by atoms with Crippen LogP contribution in [0.3, 0.4) is 0 Å². The van der Waals surface area contributed by atoms with Crippen LogP contribution in [0.2, 0.25) is 0 Å². The van der Waals surface area contributed by atoms with Gasteiger partial charge in [0.1, 0.15) is 0 Å². The highest BCUT2D eigenvalue weighted by atomic mass is 19.3. The molecular weight excluding hydrogens is 376 g/mol. The second-order valence-corrected chi connectivity index (χ2v) is 9.17. The monoisotopic (exact) mass is 408 g/mol. The number of alkyl halides is 4. The molecule has 0 heterocycles. The van der Waals surface area contributed by atoms with Crippen molar-refractivity contribution in [2.45, 2.75) is 83.5 Å². The summed E-state index contributed by atoms with van der Waals surface area (Å²) in [5, 5.41) is 0. The number of benzene rings is 2. The van der Waals surface area contributed by atoms with Crippen LogP contribution in [0, 0.1) is 0 Å². The van der Waals surface area contributed by atoms with E-state index in [1.54, 1.807) is 12.1 Å². The molecule has 29 heavy (non-hydrogen) atoms. The van der Waals surface area contributed by atoms with Crippen LogP contribution in [0.5, 0.6) is 0 Å². The maximum absolute atomic E-state index is 14.8. The van der Waals surface area contributed by atoms with Gasteiger partial charge in [-0.15, -0.1) is 0 Å². The van der Waals surface area contributed by atoms with Crippen molar-refractivity contribution in [3.8, 4) is 0 Å². The predicted molar refractivity (Wildman–Crippen MR) is 112 cm³/mol. The molecule has 0 aliphatic heterocycles. The Bertz CT molecular complexity index is 800. The summed E-state index contributed by atoms with van der Waals surface area (Å²) in [5.74, 6) is -8.61. The predicted octanol–water partition coefficient (Wildman–Crippen LogP) is 8.34. The Morgan fingerprint density at radius 1 is 0.552 bits per heavy atom. The first-order valence-corrected chi connectivity index (χ1v) is 10.3. The zero-order chi connectivity index (χ0) is 22.1. The van der Waals surface area contributed by atoms with Crippen LogP contribution in [-0.4, -0.2) is 0 Å². The van der Waals surface area contributed by atoms with E-state index in [1.165, 1.54) is 12.1 Å². The van der Waals surface area contributed by atoms with Gasteiger partial charge in [-0.3, -0.25) is 0 Å².